The minimum Gasteiger partial charge on any atom is -0.351 e. The topological polar surface area (TPSA) is 29.1 Å². The van der Waals surface area contributed by atoms with Crippen LogP contribution in [-0.4, -0.2) is 17.8 Å². The van der Waals surface area contributed by atoms with Crippen LogP contribution in [0.15, 0.2) is 18.2 Å². The van der Waals surface area contributed by atoms with Gasteiger partial charge in [-0.25, -0.2) is 4.39 Å². The van der Waals surface area contributed by atoms with E-state index in [0.717, 1.165) is 6.42 Å². The van der Waals surface area contributed by atoms with Gasteiger partial charge in [0, 0.05) is 12.1 Å². The van der Waals surface area contributed by atoms with Gasteiger partial charge >= 0.3 is 0 Å². The van der Waals surface area contributed by atoms with E-state index in [-0.39, 0.29) is 21.7 Å². The summed E-state index contributed by atoms with van der Waals surface area (Å²) in [6.07, 6.45) is 0.791. The van der Waals surface area contributed by atoms with E-state index in [1.807, 2.05) is 0 Å². The lowest BCUT2D eigenvalue weighted by atomic mass is 9.90. The number of rotatable bonds is 4. The Hall–Kier alpha value is -0.800. The van der Waals surface area contributed by atoms with E-state index >= 15 is 0 Å². The third kappa shape index (κ3) is 5.79. The molecule has 19 heavy (non-hydrogen) atoms. The maximum atomic E-state index is 13.0. The fraction of sp³-hybridized carbons (Fsp3) is 0.500. The number of alkyl halides is 1. The molecule has 5 heteroatoms. The summed E-state index contributed by atoms with van der Waals surface area (Å²) in [5.41, 5.74) is 0.432. The number of hydrogen-bond donors (Lipinski definition) is 1. The number of benzene rings is 1. The van der Waals surface area contributed by atoms with Crippen molar-refractivity contribution in [1.29, 1.82) is 0 Å². The van der Waals surface area contributed by atoms with E-state index in [1.165, 1.54) is 18.2 Å². The van der Waals surface area contributed by atoms with Crippen LogP contribution in [0, 0.1) is 11.2 Å². The Bertz CT molecular complexity index is 457. The van der Waals surface area contributed by atoms with Gasteiger partial charge in [-0.2, -0.15) is 0 Å². The van der Waals surface area contributed by atoms with Crippen LogP contribution in [-0.2, 0) is 0 Å². The smallest absolute Gasteiger partial charge is 0.251 e. The molecule has 1 unspecified atom stereocenters. The first-order valence-electron chi connectivity index (χ1n) is 6.06. The van der Waals surface area contributed by atoms with Gasteiger partial charge in [0.25, 0.3) is 5.91 Å². The van der Waals surface area contributed by atoms with Gasteiger partial charge in [-0.05, 0) is 30.0 Å². The highest BCUT2D eigenvalue weighted by molar-refractivity contribution is 6.31. The molecule has 0 aliphatic heterocycles. The predicted molar refractivity (Wildman–Crippen MR) is 77.5 cm³/mol. The molecule has 0 radical (unpaired) electrons. The van der Waals surface area contributed by atoms with Crippen molar-refractivity contribution in [1.82, 2.24) is 5.32 Å². The lowest BCUT2D eigenvalue weighted by molar-refractivity contribution is 0.0952. The molecule has 1 amide bonds. The summed E-state index contributed by atoms with van der Waals surface area (Å²) >= 11 is 11.8. The molecule has 0 saturated heterocycles. The molecular weight excluding hydrogens is 288 g/mol. The van der Waals surface area contributed by atoms with Gasteiger partial charge in [-0.1, -0.05) is 32.4 Å². The standard InChI is InChI=1S/C14H18Cl2FNO/c1-14(2,3)7-10(15)8-18-13(19)9-4-5-12(17)11(16)6-9/h4-6,10H,7-8H2,1-3H3,(H,18,19). The SMILES string of the molecule is CC(C)(C)CC(Cl)CNC(=O)c1ccc(F)c(Cl)c1. The maximum absolute atomic E-state index is 13.0. The van der Waals surface area contributed by atoms with Crippen molar-refractivity contribution in [2.75, 3.05) is 6.54 Å². The average Bonchev–Trinajstić information content (AvgIpc) is 2.27. The molecule has 2 nitrogen and oxygen atoms in total. The zero-order valence-corrected chi connectivity index (χ0v) is 12.8. The minimum absolute atomic E-state index is 0.0650. The van der Waals surface area contributed by atoms with Crippen molar-refractivity contribution in [2.24, 2.45) is 5.41 Å². The molecule has 1 aromatic carbocycles. The molecule has 0 aliphatic carbocycles. The second-order valence-corrected chi connectivity index (χ2v) is 6.73. The van der Waals surface area contributed by atoms with Crippen LogP contribution in [0.4, 0.5) is 4.39 Å². The summed E-state index contributed by atoms with van der Waals surface area (Å²) in [5, 5.41) is 2.51. The lowest BCUT2D eigenvalue weighted by Gasteiger charge is -2.22. The molecule has 0 aromatic heterocycles. The van der Waals surface area contributed by atoms with Crippen LogP contribution in [0.25, 0.3) is 0 Å². The predicted octanol–water partition coefficient (Wildman–Crippen LogP) is 4.25. The molecule has 0 heterocycles. The summed E-state index contributed by atoms with van der Waals surface area (Å²) in [7, 11) is 0. The number of carbonyl (C=O) groups is 1. The van der Waals surface area contributed by atoms with Crippen LogP contribution in [0.2, 0.25) is 5.02 Å². The molecule has 1 aromatic rings. The molecule has 0 bridgehead atoms. The Labute approximate surface area is 123 Å². The van der Waals surface area contributed by atoms with Crippen molar-refractivity contribution in [3.63, 3.8) is 0 Å². The monoisotopic (exact) mass is 305 g/mol. The van der Waals surface area contributed by atoms with Gasteiger partial charge in [-0.3, -0.25) is 4.79 Å². The zero-order valence-electron chi connectivity index (χ0n) is 11.3. The normalized spacial score (nSPS) is 13.2. The van der Waals surface area contributed by atoms with Crippen molar-refractivity contribution in [2.45, 2.75) is 32.6 Å². The molecule has 1 atom stereocenters. The third-order valence-electron chi connectivity index (χ3n) is 2.50. The molecule has 106 valence electrons. The number of nitrogens with one attached hydrogen (secondary N) is 1. The molecule has 0 fully saturated rings. The Morgan fingerprint density at radius 2 is 2.05 bits per heavy atom. The Balaban J connectivity index is 2.53. The van der Waals surface area contributed by atoms with Crippen LogP contribution in [0.3, 0.4) is 0 Å². The second-order valence-electron chi connectivity index (χ2n) is 5.70. The summed E-state index contributed by atoms with van der Waals surface area (Å²) in [5.74, 6) is -0.845. The van der Waals surface area contributed by atoms with Gasteiger partial charge < -0.3 is 5.32 Å². The van der Waals surface area contributed by atoms with Crippen LogP contribution < -0.4 is 5.32 Å². The number of hydrogen-bond acceptors (Lipinski definition) is 1. The van der Waals surface area contributed by atoms with E-state index < -0.39 is 5.82 Å². The number of halogens is 3. The molecule has 1 rings (SSSR count). The zero-order chi connectivity index (χ0) is 14.6. The van der Waals surface area contributed by atoms with E-state index in [4.69, 9.17) is 23.2 Å². The first-order chi connectivity index (χ1) is 8.69. The average molecular weight is 306 g/mol. The maximum Gasteiger partial charge on any atom is 0.251 e. The van der Waals surface area contributed by atoms with E-state index in [0.29, 0.717) is 12.1 Å². The van der Waals surface area contributed by atoms with Gasteiger partial charge in [0.15, 0.2) is 0 Å². The largest absolute Gasteiger partial charge is 0.351 e. The summed E-state index contributed by atoms with van der Waals surface area (Å²) in [4.78, 5) is 11.8. The highest BCUT2D eigenvalue weighted by Gasteiger charge is 2.17. The van der Waals surface area contributed by atoms with Gasteiger partial charge in [0.05, 0.1) is 10.4 Å². The third-order valence-corrected chi connectivity index (χ3v) is 3.10. The van der Waals surface area contributed by atoms with Crippen molar-refractivity contribution >= 4 is 29.1 Å². The molecule has 0 saturated carbocycles. The van der Waals surface area contributed by atoms with Crippen LogP contribution in [0.1, 0.15) is 37.6 Å². The summed E-state index contributed by atoms with van der Waals surface area (Å²) < 4.78 is 13.0. The van der Waals surface area contributed by atoms with E-state index in [2.05, 4.69) is 26.1 Å². The highest BCUT2D eigenvalue weighted by atomic mass is 35.5. The fourth-order valence-electron chi connectivity index (χ4n) is 1.68. The van der Waals surface area contributed by atoms with Gasteiger partial charge in [-0.15, -0.1) is 11.6 Å². The Morgan fingerprint density at radius 3 is 2.58 bits per heavy atom. The number of carbonyl (C=O) groups excluding carboxylic acids is 1. The molecule has 0 spiro atoms. The van der Waals surface area contributed by atoms with Gasteiger partial charge in [0.2, 0.25) is 0 Å². The molecule has 1 N–H and O–H groups in total. The van der Waals surface area contributed by atoms with Crippen molar-refractivity contribution in [3.05, 3.63) is 34.6 Å². The van der Waals surface area contributed by atoms with Crippen molar-refractivity contribution < 1.29 is 9.18 Å². The lowest BCUT2D eigenvalue weighted by Crippen LogP contribution is -2.31. The molecular formula is C14H18Cl2FNO. The van der Waals surface area contributed by atoms with Crippen LogP contribution in [0.5, 0.6) is 0 Å². The first-order valence-corrected chi connectivity index (χ1v) is 6.88. The van der Waals surface area contributed by atoms with Crippen LogP contribution >= 0.6 is 23.2 Å². The van der Waals surface area contributed by atoms with E-state index in [1.54, 1.807) is 0 Å². The highest BCUT2D eigenvalue weighted by Crippen LogP contribution is 2.23. The molecule has 0 aliphatic rings. The second kappa shape index (κ2) is 6.58. The first kappa shape index (κ1) is 16.3. The summed E-state index contributed by atoms with van der Waals surface area (Å²) in [6, 6.07) is 3.87. The quantitative estimate of drug-likeness (QED) is 0.828. The van der Waals surface area contributed by atoms with E-state index in [9.17, 15) is 9.18 Å². The Morgan fingerprint density at radius 1 is 1.42 bits per heavy atom. The minimum atomic E-state index is -0.541. The summed E-state index contributed by atoms with van der Waals surface area (Å²) in [6.45, 7) is 6.63. The number of amides is 1. The van der Waals surface area contributed by atoms with Crippen molar-refractivity contribution in [3.8, 4) is 0 Å². The Kier molecular flexibility index (Phi) is 5.63. The fourth-order valence-corrected chi connectivity index (χ4v) is 2.40. The van der Waals surface area contributed by atoms with Gasteiger partial charge in [0.1, 0.15) is 5.82 Å².